The SMILES string of the molecule is O=C(O)C1(c2cc3cc(F)ccc3o2)Nc2ccccc2N=C1N1CCCc2cc(F)ccc21. The van der Waals surface area contributed by atoms with Gasteiger partial charge in [-0.05, 0) is 73.0 Å². The van der Waals surface area contributed by atoms with Gasteiger partial charge in [0.15, 0.2) is 5.84 Å². The molecule has 0 saturated carbocycles. The molecule has 2 aliphatic rings. The molecule has 0 saturated heterocycles. The number of furan rings is 1. The minimum absolute atomic E-state index is 0.0723. The van der Waals surface area contributed by atoms with Crippen molar-refractivity contribution in [1.29, 1.82) is 0 Å². The summed E-state index contributed by atoms with van der Waals surface area (Å²) in [5.74, 6) is -1.76. The van der Waals surface area contributed by atoms with Crippen molar-refractivity contribution in [2.75, 3.05) is 16.8 Å². The van der Waals surface area contributed by atoms with E-state index in [1.165, 1.54) is 36.4 Å². The van der Waals surface area contributed by atoms with Crippen LogP contribution in [0.25, 0.3) is 11.0 Å². The summed E-state index contributed by atoms with van der Waals surface area (Å²) in [4.78, 5) is 19.7. The summed E-state index contributed by atoms with van der Waals surface area (Å²) in [6.45, 7) is 0.491. The number of hydrogen-bond acceptors (Lipinski definition) is 5. The van der Waals surface area contributed by atoms with Gasteiger partial charge in [0.05, 0.1) is 11.4 Å². The van der Waals surface area contributed by atoms with E-state index in [1.54, 1.807) is 24.3 Å². The highest BCUT2D eigenvalue weighted by Gasteiger charge is 2.54. The molecule has 2 aliphatic heterocycles. The van der Waals surface area contributed by atoms with Crippen molar-refractivity contribution >= 4 is 39.8 Å². The predicted octanol–water partition coefficient (Wildman–Crippen LogP) is 5.60. The van der Waals surface area contributed by atoms with Gasteiger partial charge < -0.3 is 19.7 Å². The molecule has 0 aliphatic carbocycles. The quantitative estimate of drug-likeness (QED) is 0.408. The van der Waals surface area contributed by atoms with Crippen molar-refractivity contribution in [2.24, 2.45) is 4.99 Å². The predicted molar refractivity (Wildman–Crippen MR) is 125 cm³/mol. The molecule has 2 N–H and O–H groups in total. The van der Waals surface area contributed by atoms with E-state index < -0.39 is 17.3 Å². The number of fused-ring (bicyclic) bond motifs is 3. The van der Waals surface area contributed by atoms with Gasteiger partial charge in [0.1, 0.15) is 23.0 Å². The maximum Gasteiger partial charge on any atom is 0.345 e. The number of aryl methyl sites for hydroxylation is 1. The first-order chi connectivity index (χ1) is 16.5. The van der Waals surface area contributed by atoms with E-state index in [0.717, 1.165) is 5.56 Å². The van der Waals surface area contributed by atoms with Gasteiger partial charge in [0, 0.05) is 17.6 Å². The van der Waals surface area contributed by atoms with Gasteiger partial charge in [0.2, 0.25) is 0 Å². The molecule has 34 heavy (non-hydrogen) atoms. The van der Waals surface area contributed by atoms with Gasteiger partial charge in [-0.15, -0.1) is 0 Å². The molecule has 4 aromatic rings. The zero-order chi connectivity index (χ0) is 23.4. The zero-order valence-electron chi connectivity index (χ0n) is 17.9. The number of carboxylic acid groups (broad SMARTS) is 1. The van der Waals surface area contributed by atoms with Gasteiger partial charge >= 0.3 is 5.97 Å². The van der Waals surface area contributed by atoms with Crippen LogP contribution in [0.5, 0.6) is 0 Å². The maximum absolute atomic E-state index is 14.0. The molecule has 170 valence electrons. The molecule has 0 radical (unpaired) electrons. The standard InChI is InChI=1S/C26H19F2N3O3/c27-17-7-9-21-15(12-17)4-3-11-31(21)24-26(25(32)33,30-20-6-2-1-5-19(20)29-24)23-14-16-13-18(28)8-10-22(16)34-23/h1-2,5-10,12-14,30H,3-4,11H2,(H,32,33). The average molecular weight is 459 g/mol. The lowest BCUT2D eigenvalue weighted by Gasteiger charge is -2.42. The Bertz CT molecular complexity index is 1500. The van der Waals surface area contributed by atoms with Crippen molar-refractivity contribution in [3.05, 3.63) is 89.7 Å². The molecule has 3 aromatic carbocycles. The van der Waals surface area contributed by atoms with E-state index >= 15 is 0 Å². The third-order valence-electron chi connectivity index (χ3n) is 6.37. The number of halogens is 2. The molecule has 0 amide bonds. The van der Waals surface area contributed by atoms with E-state index in [9.17, 15) is 18.7 Å². The van der Waals surface area contributed by atoms with Crippen molar-refractivity contribution in [1.82, 2.24) is 0 Å². The van der Waals surface area contributed by atoms with Crippen LogP contribution >= 0.6 is 0 Å². The van der Waals surface area contributed by atoms with Gasteiger partial charge in [-0.1, -0.05) is 12.1 Å². The van der Waals surface area contributed by atoms with Crippen LogP contribution in [0.2, 0.25) is 0 Å². The van der Waals surface area contributed by atoms with Crippen molar-refractivity contribution in [3.63, 3.8) is 0 Å². The van der Waals surface area contributed by atoms with Crippen LogP contribution in [-0.4, -0.2) is 23.5 Å². The van der Waals surface area contributed by atoms with E-state index in [0.29, 0.717) is 47.4 Å². The second kappa shape index (κ2) is 7.41. The average Bonchev–Trinajstić information content (AvgIpc) is 3.26. The molecular weight excluding hydrogens is 440 g/mol. The lowest BCUT2D eigenvalue weighted by Crippen LogP contribution is -2.58. The highest BCUT2D eigenvalue weighted by Crippen LogP contribution is 2.43. The number of nitrogens with zero attached hydrogens (tertiary/aromatic N) is 2. The summed E-state index contributed by atoms with van der Waals surface area (Å²) in [6, 6.07) is 17.2. The number of para-hydroxylation sites is 2. The summed E-state index contributed by atoms with van der Waals surface area (Å²) >= 11 is 0. The Kier molecular flexibility index (Phi) is 4.45. The van der Waals surface area contributed by atoms with Crippen molar-refractivity contribution in [3.8, 4) is 0 Å². The third kappa shape index (κ3) is 2.98. The number of aliphatic carboxylic acids is 1. The smallest absolute Gasteiger partial charge is 0.345 e. The molecule has 1 aromatic heterocycles. The Balaban J connectivity index is 1.62. The van der Waals surface area contributed by atoms with Crippen LogP contribution in [0.3, 0.4) is 0 Å². The summed E-state index contributed by atoms with van der Waals surface area (Å²) in [6.07, 6.45) is 1.36. The van der Waals surface area contributed by atoms with Crippen LogP contribution in [0, 0.1) is 11.6 Å². The summed E-state index contributed by atoms with van der Waals surface area (Å²) in [5.41, 5.74) is 1.03. The van der Waals surface area contributed by atoms with Gasteiger partial charge in [-0.3, -0.25) is 0 Å². The van der Waals surface area contributed by atoms with Gasteiger partial charge in [-0.25, -0.2) is 18.6 Å². The van der Waals surface area contributed by atoms with E-state index in [1.807, 2.05) is 11.0 Å². The van der Waals surface area contributed by atoms with E-state index in [-0.39, 0.29) is 17.4 Å². The van der Waals surface area contributed by atoms with Crippen LogP contribution in [-0.2, 0) is 16.8 Å². The van der Waals surface area contributed by atoms with Gasteiger partial charge in [-0.2, -0.15) is 0 Å². The van der Waals surface area contributed by atoms with Crippen molar-refractivity contribution in [2.45, 2.75) is 18.4 Å². The second-order valence-corrected chi connectivity index (χ2v) is 8.45. The molecule has 6 nitrogen and oxygen atoms in total. The van der Waals surface area contributed by atoms with Crippen LogP contribution in [0.1, 0.15) is 17.7 Å². The number of anilines is 2. The van der Waals surface area contributed by atoms with Crippen LogP contribution in [0.15, 0.2) is 76.1 Å². The minimum Gasteiger partial charge on any atom is -0.479 e. The first-order valence-electron chi connectivity index (χ1n) is 10.9. The maximum atomic E-state index is 14.0. The topological polar surface area (TPSA) is 78.1 Å². The molecule has 0 fully saturated rings. The summed E-state index contributed by atoms with van der Waals surface area (Å²) in [5, 5.41) is 14.3. The molecule has 0 bridgehead atoms. The molecule has 1 unspecified atom stereocenters. The lowest BCUT2D eigenvalue weighted by molar-refractivity contribution is -0.140. The normalized spacial score (nSPS) is 19.2. The molecule has 0 spiro atoms. The highest BCUT2D eigenvalue weighted by molar-refractivity contribution is 6.21. The fourth-order valence-electron chi connectivity index (χ4n) is 4.81. The fourth-order valence-corrected chi connectivity index (χ4v) is 4.81. The number of nitrogens with one attached hydrogen (secondary N) is 1. The van der Waals surface area contributed by atoms with Crippen LogP contribution in [0.4, 0.5) is 25.8 Å². The number of amidine groups is 1. The number of aliphatic imine (C=N–C) groups is 1. The number of hydrogen-bond donors (Lipinski definition) is 2. The number of benzene rings is 3. The first-order valence-corrected chi connectivity index (χ1v) is 10.9. The zero-order valence-corrected chi connectivity index (χ0v) is 17.9. The monoisotopic (exact) mass is 459 g/mol. The lowest BCUT2D eigenvalue weighted by atomic mass is 9.88. The Morgan fingerprint density at radius 3 is 2.71 bits per heavy atom. The molecular formula is C26H19F2N3O3. The minimum atomic E-state index is -1.90. The molecule has 6 rings (SSSR count). The van der Waals surface area contributed by atoms with Crippen molar-refractivity contribution < 1.29 is 23.1 Å². The Morgan fingerprint density at radius 2 is 1.85 bits per heavy atom. The fraction of sp³-hybridized carbons (Fsp3) is 0.154. The summed E-state index contributed by atoms with van der Waals surface area (Å²) < 4.78 is 33.8. The van der Waals surface area contributed by atoms with Gasteiger partial charge in [0.25, 0.3) is 5.54 Å². The van der Waals surface area contributed by atoms with Crippen LogP contribution < -0.4 is 10.2 Å². The second-order valence-electron chi connectivity index (χ2n) is 8.45. The molecule has 3 heterocycles. The summed E-state index contributed by atoms with van der Waals surface area (Å²) in [7, 11) is 0. The largest absolute Gasteiger partial charge is 0.479 e. The molecule has 8 heteroatoms. The Hall–Kier alpha value is -4.20. The Labute approximate surface area is 193 Å². The first kappa shape index (κ1) is 20.4. The third-order valence-corrected chi connectivity index (χ3v) is 6.37. The number of carboxylic acids is 1. The Morgan fingerprint density at radius 1 is 1.06 bits per heavy atom. The van der Waals surface area contributed by atoms with E-state index in [2.05, 4.69) is 5.32 Å². The van der Waals surface area contributed by atoms with E-state index in [4.69, 9.17) is 9.41 Å². The molecule has 1 atom stereocenters. The number of rotatable bonds is 2. The highest BCUT2D eigenvalue weighted by atomic mass is 19.1. The number of carbonyl (C=O) groups is 1.